The van der Waals surface area contributed by atoms with Crippen LogP contribution in [0.3, 0.4) is 0 Å². The lowest BCUT2D eigenvalue weighted by molar-refractivity contribution is 0.640. The number of likely N-dealkylation sites (N-methyl/N-ethyl adjacent to an activating group) is 2. The summed E-state index contributed by atoms with van der Waals surface area (Å²) in [5, 5.41) is 0.367. The van der Waals surface area contributed by atoms with Crippen LogP contribution in [-0.4, -0.2) is 19.0 Å². The molecule has 0 spiro atoms. The van der Waals surface area contributed by atoms with Crippen LogP contribution in [0.25, 0.3) is 0 Å². The van der Waals surface area contributed by atoms with Crippen LogP contribution in [0.2, 0.25) is 0 Å². The minimum Gasteiger partial charge on any atom is -0.355 e. The fourth-order valence-corrected chi connectivity index (χ4v) is 5.44. The average Bonchev–Trinajstić information content (AvgIpc) is 3.10. The summed E-state index contributed by atoms with van der Waals surface area (Å²) in [7, 11) is 2.17. The lowest BCUT2D eigenvalue weighted by Crippen LogP contribution is -2.27. The summed E-state index contributed by atoms with van der Waals surface area (Å²) >= 11 is 1.94. The number of benzene rings is 2. The smallest absolute Gasteiger partial charge is 0.0985 e. The van der Waals surface area contributed by atoms with Crippen molar-refractivity contribution < 1.29 is 0 Å². The van der Waals surface area contributed by atoms with Crippen molar-refractivity contribution in [3.8, 4) is 0 Å². The summed E-state index contributed by atoms with van der Waals surface area (Å²) in [6.07, 6.45) is 6.86. The summed E-state index contributed by atoms with van der Waals surface area (Å²) in [4.78, 5) is 6.17. The van der Waals surface area contributed by atoms with Gasteiger partial charge >= 0.3 is 0 Å². The van der Waals surface area contributed by atoms with E-state index in [4.69, 9.17) is 0 Å². The minimum atomic E-state index is 0.0336. The van der Waals surface area contributed by atoms with E-state index in [1.165, 1.54) is 27.5 Å². The van der Waals surface area contributed by atoms with Gasteiger partial charge in [-0.3, -0.25) is 0 Å². The van der Waals surface area contributed by atoms with Gasteiger partial charge in [-0.1, -0.05) is 68.1 Å². The Morgan fingerprint density at radius 3 is 2.46 bits per heavy atom. The standard InChI is InChI=1S/C23H26N2S/c1-5-25-19-13-8-9-14-20(19)26-22(25)16-10-15-21-23(2,3)17-11-6-7-12-18(17)24(21)4/h6-16,22H,5H2,1-4H3. The molecule has 2 heterocycles. The molecule has 2 aliphatic rings. The average molecular weight is 363 g/mol. The molecular weight excluding hydrogens is 336 g/mol. The van der Waals surface area contributed by atoms with E-state index in [0.717, 1.165) is 6.54 Å². The molecule has 0 amide bonds. The van der Waals surface area contributed by atoms with Crippen LogP contribution in [0.5, 0.6) is 0 Å². The molecular formula is C23H26N2S. The molecule has 2 aromatic carbocycles. The third kappa shape index (κ3) is 2.66. The Kier molecular flexibility index (Phi) is 4.36. The van der Waals surface area contributed by atoms with E-state index in [2.05, 4.69) is 104 Å². The molecule has 2 aromatic rings. The second kappa shape index (κ2) is 6.55. The molecule has 0 bridgehead atoms. The Morgan fingerprint density at radius 1 is 1.04 bits per heavy atom. The predicted molar refractivity (Wildman–Crippen MR) is 114 cm³/mol. The van der Waals surface area contributed by atoms with Crippen LogP contribution in [0, 0.1) is 0 Å². The van der Waals surface area contributed by atoms with Gasteiger partial charge in [-0.25, -0.2) is 0 Å². The zero-order valence-electron chi connectivity index (χ0n) is 15.9. The molecule has 0 N–H and O–H groups in total. The third-order valence-corrected chi connectivity index (χ3v) is 6.79. The van der Waals surface area contributed by atoms with Crippen molar-refractivity contribution >= 4 is 23.1 Å². The third-order valence-electron chi connectivity index (χ3n) is 5.54. The topological polar surface area (TPSA) is 6.48 Å². The van der Waals surface area contributed by atoms with Crippen LogP contribution in [-0.2, 0) is 5.41 Å². The predicted octanol–water partition coefficient (Wildman–Crippen LogP) is 5.81. The number of anilines is 2. The first-order chi connectivity index (χ1) is 12.5. The SMILES string of the molecule is CCN1c2ccccc2SC1C=CC=C1N(C)c2ccccc2C1(C)C. The Morgan fingerprint density at radius 2 is 1.73 bits per heavy atom. The molecule has 4 rings (SSSR count). The molecule has 0 saturated heterocycles. The first-order valence-electron chi connectivity index (χ1n) is 9.28. The van der Waals surface area contributed by atoms with Gasteiger partial charge in [0.15, 0.2) is 0 Å². The van der Waals surface area contributed by atoms with Crippen molar-refractivity contribution in [1.82, 2.24) is 0 Å². The molecule has 1 atom stereocenters. The van der Waals surface area contributed by atoms with E-state index < -0.39 is 0 Å². The van der Waals surface area contributed by atoms with Gasteiger partial charge < -0.3 is 9.80 Å². The van der Waals surface area contributed by atoms with Crippen LogP contribution in [0.4, 0.5) is 11.4 Å². The van der Waals surface area contributed by atoms with Crippen LogP contribution >= 0.6 is 11.8 Å². The van der Waals surface area contributed by atoms with E-state index in [1.807, 2.05) is 11.8 Å². The van der Waals surface area contributed by atoms with Crippen LogP contribution in [0.15, 0.2) is 77.4 Å². The highest BCUT2D eigenvalue weighted by Crippen LogP contribution is 2.47. The van der Waals surface area contributed by atoms with Gasteiger partial charge in [0.25, 0.3) is 0 Å². The monoisotopic (exact) mass is 362 g/mol. The Balaban J connectivity index is 1.59. The number of hydrogen-bond donors (Lipinski definition) is 0. The van der Waals surface area contributed by atoms with Gasteiger partial charge in [0, 0.05) is 35.3 Å². The highest BCUT2D eigenvalue weighted by Gasteiger charge is 2.37. The number of allylic oxidation sites excluding steroid dienone is 3. The fourth-order valence-electron chi connectivity index (χ4n) is 4.16. The molecule has 0 fully saturated rings. The molecule has 2 nitrogen and oxygen atoms in total. The zero-order chi connectivity index (χ0) is 18.3. The first kappa shape index (κ1) is 17.3. The van der Waals surface area contributed by atoms with E-state index in [9.17, 15) is 0 Å². The minimum absolute atomic E-state index is 0.0336. The molecule has 0 radical (unpaired) electrons. The largest absolute Gasteiger partial charge is 0.355 e. The molecule has 1 unspecified atom stereocenters. The zero-order valence-corrected chi connectivity index (χ0v) is 16.8. The van der Waals surface area contributed by atoms with Gasteiger partial charge in [-0.05, 0) is 36.8 Å². The number of para-hydroxylation sites is 2. The fraction of sp³-hybridized carbons (Fsp3) is 0.304. The summed E-state index contributed by atoms with van der Waals surface area (Å²) in [6.45, 7) is 7.87. The summed E-state index contributed by atoms with van der Waals surface area (Å²) in [5.41, 5.74) is 5.45. The maximum atomic E-state index is 2.47. The van der Waals surface area contributed by atoms with Crippen LogP contribution in [0.1, 0.15) is 26.3 Å². The molecule has 0 aliphatic carbocycles. The van der Waals surface area contributed by atoms with Gasteiger partial charge in [0.1, 0.15) is 0 Å². The maximum absolute atomic E-state index is 2.47. The van der Waals surface area contributed by atoms with Gasteiger partial charge in [-0.15, -0.1) is 0 Å². The lowest BCUT2D eigenvalue weighted by Gasteiger charge is -2.24. The molecule has 134 valence electrons. The normalized spacial score (nSPS) is 22.3. The van der Waals surface area contributed by atoms with Crippen molar-refractivity contribution in [3.63, 3.8) is 0 Å². The number of rotatable bonds is 3. The molecule has 0 saturated carbocycles. The summed E-state index contributed by atoms with van der Waals surface area (Å²) < 4.78 is 0. The van der Waals surface area contributed by atoms with Crippen molar-refractivity contribution in [2.24, 2.45) is 0 Å². The number of thioether (sulfide) groups is 1. The second-order valence-electron chi connectivity index (χ2n) is 7.40. The Labute approximate surface area is 161 Å². The molecule has 2 aliphatic heterocycles. The lowest BCUT2D eigenvalue weighted by atomic mass is 9.84. The molecule has 0 aromatic heterocycles. The summed E-state index contributed by atoms with van der Waals surface area (Å²) in [5.74, 6) is 0. The summed E-state index contributed by atoms with van der Waals surface area (Å²) in [6, 6.07) is 17.4. The van der Waals surface area contributed by atoms with Crippen molar-refractivity contribution in [3.05, 3.63) is 78.0 Å². The Hall–Kier alpha value is -2.13. The number of nitrogens with zero attached hydrogens (tertiary/aromatic N) is 2. The highest BCUT2D eigenvalue weighted by molar-refractivity contribution is 8.00. The molecule has 26 heavy (non-hydrogen) atoms. The van der Waals surface area contributed by atoms with E-state index in [0.29, 0.717) is 5.37 Å². The van der Waals surface area contributed by atoms with Crippen molar-refractivity contribution in [1.29, 1.82) is 0 Å². The number of hydrogen-bond acceptors (Lipinski definition) is 3. The van der Waals surface area contributed by atoms with E-state index in [1.54, 1.807) is 0 Å². The van der Waals surface area contributed by atoms with Gasteiger partial charge in [0.05, 0.1) is 11.1 Å². The highest BCUT2D eigenvalue weighted by atomic mass is 32.2. The van der Waals surface area contributed by atoms with Gasteiger partial charge in [-0.2, -0.15) is 0 Å². The van der Waals surface area contributed by atoms with Crippen molar-refractivity contribution in [2.75, 3.05) is 23.4 Å². The van der Waals surface area contributed by atoms with Gasteiger partial charge in [0.2, 0.25) is 0 Å². The second-order valence-corrected chi connectivity index (χ2v) is 8.56. The number of fused-ring (bicyclic) bond motifs is 2. The van der Waals surface area contributed by atoms with Crippen molar-refractivity contribution in [2.45, 2.75) is 36.5 Å². The van der Waals surface area contributed by atoms with Crippen LogP contribution < -0.4 is 9.80 Å². The quantitative estimate of drug-likeness (QED) is 0.680. The van der Waals surface area contributed by atoms with E-state index >= 15 is 0 Å². The maximum Gasteiger partial charge on any atom is 0.0985 e. The Bertz CT molecular complexity index is 881. The molecule has 3 heteroatoms. The van der Waals surface area contributed by atoms with E-state index in [-0.39, 0.29) is 5.41 Å². The first-order valence-corrected chi connectivity index (χ1v) is 10.2.